The van der Waals surface area contributed by atoms with Gasteiger partial charge in [-0.05, 0) is 64.7 Å². The molecule has 0 spiro atoms. The lowest BCUT2D eigenvalue weighted by Gasteiger charge is -2.32. The molecule has 1 aliphatic heterocycles. The van der Waals surface area contributed by atoms with E-state index in [9.17, 15) is 8.42 Å². The zero-order valence-electron chi connectivity index (χ0n) is 14.5. The van der Waals surface area contributed by atoms with Crippen LogP contribution in [0.3, 0.4) is 0 Å². The third kappa shape index (κ3) is 4.49. The topological polar surface area (TPSA) is 61.8 Å². The molecule has 1 aromatic carbocycles. The maximum absolute atomic E-state index is 11.4. The Morgan fingerprint density at radius 2 is 1.57 bits per heavy atom. The average molecular weight is 340 g/mol. The van der Waals surface area contributed by atoms with Gasteiger partial charge in [0.1, 0.15) is 5.75 Å². The molecule has 128 valence electrons. The molecule has 1 aliphatic rings. The van der Waals surface area contributed by atoms with Gasteiger partial charge in [-0.2, -0.15) is 0 Å². The summed E-state index contributed by atoms with van der Waals surface area (Å²) < 4.78 is 40.3. The number of sulfone groups is 1. The highest BCUT2D eigenvalue weighted by Crippen LogP contribution is 2.37. The van der Waals surface area contributed by atoms with Crippen molar-refractivity contribution in [3.63, 3.8) is 0 Å². The fraction of sp³-hybridized carbons (Fsp3) is 0.625. The first-order valence-electron chi connectivity index (χ1n) is 7.80. The van der Waals surface area contributed by atoms with E-state index in [1.165, 1.54) is 6.26 Å². The molecule has 0 unspecified atom stereocenters. The Kier molecular flexibility index (Phi) is 5.13. The first-order chi connectivity index (χ1) is 10.5. The lowest BCUT2D eigenvalue weighted by Crippen LogP contribution is -2.41. The Balaban J connectivity index is 1.76. The van der Waals surface area contributed by atoms with E-state index < -0.39 is 9.84 Å². The highest BCUT2D eigenvalue weighted by atomic mass is 32.2. The van der Waals surface area contributed by atoms with Crippen molar-refractivity contribution >= 4 is 17.0 Å². The Morgan fingerprint density at radius 3 is 2.04 bits per heavy atom. The molecule has 0 radical (unpaired) electrons. The monoisotopic (exact) mass is 340 g/mol. The van der Waals surface area contributed by atoms with E-state index in [0.29, 0.717) is 17.3 Å². The Bertz CT molecular complexity index is 621. The van der Waals surface area contributed by atoms with Gasteiger partial charge in [-0.3, -0.25) is 0 Å². The van der Waals surface area contributed by atoms with Gasteiger partial charge in [0.15, 0.2) is 9.84 Å². The summed E-state index contributed by atoms with van der Waals surface area (Å²) in [5.41, 5.74) is -0.611. The second kappa shape index (κ2) is 6.45. The first kappa shape index (κ1) is 18.3. The van der Waals surface area contributed by atoms with Crippen LogP contribution in [0, 0.1) is 0 Å². The van der Waals surface area contributed by atoms with Crippen LogP contribution in [0.4, 0.5) is 0 Å². The molecular formula is C16H25BO5S. The minimum atomic E-state index is -3.17. The highest BCUT2D eigenvalue weighted by molar-refractivity contribution is 7.90. The van der Waals surface area contributed by atoms with Crippen LogP contribution in [0.25, 0.3) is 0 Å². The van der Waals surface area contributed by atoms with Gasteiger partial charge in [0.2, 0.25) is 0 Å². The molecule has 0 amide bonds. The van der Waals surface area contributed by atoms with Gasteiger partial charge in [-0.25, -0.2) is 8.42 Å². The fourth-order valence-corrected chi connectivity index (χ4v) is 2.94. The second-order valence-electron chi connectivity index (χ2n) is 6.92. The molecular weight excluding hydrogens is 315 g/mol. The quantitative estimate of drug-likeness (QED) is 0.589. The summed E-state index contributed by atoms with van der Waals surface area (Å²) in [6, 6.07) is 6.45. The molecule has 0 saturated carbocycles. The van der Waals surface area contributed by atoms with Crippen molar-refractivity contribution in [3.05, 3.63) is 24.3 Å². The van der Waals surface area contributed by atoms with E-state index in [1.54, 1.807) is 24.3 Å². The molecule has 0 bridgehead atoms. The molecule has 7 heteroatoms. The van der Waals surface area contributed by atoms with Crippen LogP contribution in [0.15, 0.2) is 29.2 Å². The highest BCUT2D eigenvalue weighted by Gasteiger charge is 2.50. The largest absolute Gasteiger partial charge is 0.494 e. The second-order valence-corrected chi connectivity index (χ2v) is 8.94. The van der Waals surface area contributed by atoms with Crippen LogP contribution in [-0.4, -0.2) is 39.6 Å². The lowest BCUT2D eigenvalue weighted by molar-refractivity contribution is 0.00578. The van der Waals surface area contributed by atoms with Crippen LogP contribution >= 0.6 is 0 Å². The third-order valence-electron chi connectivity index (χ3n) is 4.41. The lowest BCUT2D eigenvalue weighted by atomic mass is 9.83. The number of ether oxygens (including phenoxy) is 1. The number of benzene rings is 1. The van der Waals surface area contributed by atoms with Crippen molar-refractivity contribution in [2.75, 3.05) is 12.9 Å². The van der Waals surface area contributed by atoms with Crippen molar-refractivity contribution in [2.24, 2.45) is 0 Å². The van der Waals surface area contributed by atoms with Gasteiger partial charge in [0.25, 0.3) is 0 Å². The van der Waals surface area contributed by atoms with Gasteiger partial charge < -0.3 is 14.0 Å². The van der Waals surface area contributed by atoms with Crippen molar-refractivity contribution in [3.8, 4) is 5.75 Å². The zero-order valence-corrected chi connectivity index (χ0v) is 15.3. The molecule has 0 aromatic heterocycles. The summed E-state index contributed by atoms with van der Waals surface area (Å²) in [5.74, 6) is 0.659. The van der Waals surface area contributed by atoms with Crippen LogP contribution < -0.4 is 4.74 Å². The van der Waals surface area contributed by atoms with E-state index >= 15 is 0 Å². The van der Waals surface area contributed by atoms with Gasteiger partial charge in [0.05, 0.1) is 22.7 Å². The number of hydrogen-bond donors (Lipinski definition) is 0. The fourth-order valence-electron chi connectivity index (χ4n) is 2.31. The van der Waals surface area contributed by atoms with Crippen LogP contribution in [0.1, 0.15) is 34.1 Å². The van der Waals surface area contributed by atoms with Gasteiger partial charge in [-0.15, -0.1) is 0 Å². The summed E-state index contributed by atoms with van der Waals surface area (Å²) in [6.07, 6.45) is 2.74. The zero-order chi connectivity index (χ0) is 17.3. The molecule has 1 heterocycles. The molecule has 0 N–H and O–H groups in total. The summed E-state index contributed by atoms with van der Waals surface area (Å²) in [7, 11) is -3.38. The Labute approximate surface area is 139 Å². The van der Waals surface area contributed by atoms with E-state index in [4.69, 9.17) is 14.0 Å². The van der Waals surface area contributed by atoms with Crippen molar-refractivity contribution in [1.82, 2.24) is 0 Å². The Hall–Kier alpha value is -1.05. The smallest absolute Gasteiger partial charge is 0.457 e. The molecule has 5 nitrogen and oxygen atoms in total. The molecule has 0 atom stereocenters. The molecule has 2 rings (SSSR count). The summed E-state index contributed by atoms with van der Waals surface area (Å²) in [5, 5.41) is 0. The first-order valence-corrected chi connectivity index (χ1v) is 9.69. The van der Waals surface area contributed by atoms with E-state index in [-0.39, 0.29) is 18.3 Å². The SMILES string of the molecule is CC1(C)OB(CCCOc2ccc(S(C)(=O)=O)cc2)OC1(C)C. The van der Waals surface area contributed by atoms with Crippen LogP contribution in [0.2, 0.25) is 6.32 Å². The number of rotatable bonds is 6. The average Bonchev–Trinajstić information content (AvgIpc) is 2.62. The predicted molar refractivity (Wildman–Crippen MR) is 90.6 cm³/mol. The number of hydrogen-bond acceptors (Lipinski definition) is 5. The third-order valence-corrected chi connectivity index (χ3v) is 5.54. The summed E-state index contributed by atoms with van der Waals surface area (Å²) >= 11 is 0. The summed E-state index contributed by atoms with van der Waals surface area (Å²) in [6.45, 7) is 8.67. The van der Waals surface area contributed by atoms with Crippen molar-refractivity contribution < 1.29 is 22.5 Å². The molecule has 1 fully saturated rings. The van der Waals surface area contributed by atoms with Crippen molar-refractivity contribution in [2.45, 2.75) is 56.5 Å². The molecule has 23 heavy (non-hydrogen) atoms. The maximum atomic E-state index is 11.4. The van der Waals surface area contributed by atoms with Crippen molar-refractivity contribution in [1.29, 1.82) is 0 Å². The van der Waals surface area contributed by atoms with E-state index in [2.05, 4.69) is 0 Å². The standard InChI is InChI=1S/C16H25BO5S/c1-15(2)16(3,4)22-17(21-15)11-6-12-20-13-7-9-14(10-8-13)23(5,18)19/h7-10H,6,11-12H2,1-5H3. The van der Waals surface area contributed by atoms with Gasteiger partial charge in [0, 0.05) is 6.26 Å². The van der Waals surface area contributed by atoms with Gasteiger partial charge >= 0.3 is 7.12 Å². The molecule has 0 aliphatic carbocycles. The normalized spacial score (nSPS) is 19.8. The van der Waals surface area contributed by atoms with E-state index in [0.717, 1.165) is 12.7 Å². The van der Waals surface area contributed by atoms with Crippen LogP contribution in [-0.2, 0) is 19.1 Å². The Morgan fingerprint density at radius 1 is 1.04 bits per heavy atom. The van der Waals surface area contributed by atoms with E-state index in [1.807, 2.05) is 27.7 Å². The predicted octanol–water partition coefficient (Wildman–Crippen LogP) is 2.95. The minimum absolute atomic E-state index is 0.212. The molecule has 1 saturated heterocycles. The van der Waals surface area contributed by atoms with Gasteiger partial charge in [-0.1, -0.05) is 0 Å². The minimum Gasteiger partial charge on any atom is -0.494 e. The maximum Gasteiger partial charge on any atom is 0.457 e. The van der Waals surface area contributed by atoms with Crippen LogP contribution in [0.5, 0.6) is 5.75 Å². The summed E-state index contributed by atoms with van der Waals surface area (Å²) in [4.78, 5) is 0.294. The molecule has 1 aromatic rings.